The lowest BCUT2D eigenvalue weighted by Gasteiger charge is -2.59. The number of aromatic hydroxyl groups is 1. The fraction of sp³-hybridized carbons (Fsp3) is 0.619. The number of allylic oxidation sites excluding steroid dienone is 1. The third-order valence-corrected chi connectivity index (χ3v) is 7.42. The average Bonchev–Trinajstić information content (AvgIpc) is 2.62. The van der Waals surface area contributed by atoms with Gasteiger partial charge in [0, 0.05) is 5.92 Å². The first-order valence-corrected chi connectivity index (χ1v) is 9.01. The topological polar surface area (TPSA) is 29.5 Å². The third-order valence-electron chi connectivity index (χ3n) is 7.42. The highest BCUT2D eigenvalue weighted by atomic mass is 16.5. The number of hydrogen-bond donors (Lipinski definition) is 1. The van der Waals surface area contributed by atoms with Gasteiger partial charge in [0.25, 0.3) is 0 Å². The van der Waals surface area contributed by atoms with E-state index in [4.69, 9.17) is 4.74 Å². The molecule has 1 N–H and O–H groups in total. The van der Waals surface area contributed by atoms with Crippen LogP contribution in [0.5, 0.6) is 11.5 Å². The van der Waals surface area contributed by atoms with Crippen LogP contribution in [0, 0.1) is 22.7 Å². The maximum absolute atomic E-state index is 9.94. The van der Waals surface area contributed by atoms with Crippen molar-refractivity contribution in [3.05, 3.63) is 35.9 Å². The van der Waals surface area contributed by atoms with Crippen LogP contribution in [0.15, 0.2) is 30.4 Å². The van der Waals surface area contributed by atoms with Crippen molar-refractivity contribution in [1.29, 1.82) is 0 Å². The molecular formula is C21H28O2. The van der Waals surface area contributed by atoms with E-state index in [1.165, 1.54) is 24.0 Å². The van der Waals surface area contributed by atoms with Gasteiger partial charge in [0.2, 0.25) is 0 Å². The Morgan fingerprint density at radius 2 is 2.04 bits per heavy atom. The van der Waals surface area contributed by atoms with Crippen LogP contribution in [-0.2, 0) is 6.42 Å². The molecule has 4 rings (SSSR count). The summed E-state index contributed by atoms with van der Waals surface area (Å²) in [6.07, 6.45) is 5.89. The number of benzene rings is 1. The summed E-state index contributed by atoms with van der Waals surface area (Å²) < 4.78 is 6.53. The van der Waals surface area contributed by atoms with Gasteiger partial charge in [-0.1, -0.05) is 32.9 Å². The molecule has 1 aromatic rings. The molecular weight excluding hydrogens is 284 g/mol. The second kappa shape index (κ2) is 4.78. The summed E-state index contributed by atoms with van der Waals surface area (Å²) in [7, 11) is 0. The Labute approximate surface area is 139 Å². The van der Waals surface area contributed by atoms with Gasteiger partial charge in [-0.15, -0.1) is 0 Å². The van der Waals surface area contributed by atoms with Crippen LogP contribution in [0.4, 0.5) is 0 Å². The summed E-state index contributed by atoms with van der Waals surface area (Å²) in [6.45, 7) is 11.7. The van der Waals surface area contributed by atoms with Gasteiger partial charge in [-0.05, 0) is 72.6 Å². The zero-order chi connectivity index (χ0) is 16.4. The molecule has 1 heterocycles. The summed E-state index contributed by atoms with van der Waals surface area (Å²) >= 11 is 0. The highest BCUT2D eigenvalue weighted by Crippen LogP contribution is 2.64. The van der Waals surface area contributed by atoms with Gasteiger partial charge in [0.1, 0.15) is 17.6 Å². The van der Waals surface area contributed by atoms with Crippen molar-refractivity contribution in [3.8, 4) is 11.5 Å². The van der Waals surface area contributed by atoms with Crippen molar-refractivity contribution in [2.75, 3.05) is 0 Å². The SMILES string of the molecule is C=C1CCC2Oc3ccc(O)cc3CC3(C)C(C)CCC1(C)C23. The number of hydrogen-bond acceptors (Lipinski definition) is 2. The molecule has 124 valence electrons. The van der Waals surface area contributed by atoms with Gasteiger partial charge in [0.15, 0.2) is 0 Å². The largest absolute Gasteiger partial charge is 0.508 e. The predicted molar refractivity (Wildman–Crippen MR) is 92.7 cm³/mol. The van der Waals surface area contributed by atoms with Gasteiger partial charge in [0.05, 0.1) is 0 Å². The lowest BCUT2D eigenvalue weighted by atomic mass is 9.45. The van der Waals surface area contributed by atoms with Crippen LogP contribution in [0.25, 0.3) is 0 Å². The second-order valence-electron chi connectivity index (χ2n) is 8.61. The van der Waals surface area contributed by atoms with Gasteiger partial charge < -0.3 is 9.84 Å². The zero-order valence-electron chi connectivity index (χ0n) is 14.6. The van der Waals surface area contributed by atoms with E-state index in [1.54, 1.807) is 6.07 Å². The molecule has 0 bridgehead atoms. The van der Waals surface area contributed by atoms with Crippen LogP contribution in [-0.4, -0.2) is 11.2 Å². The molecule has 3 aliphatic rings. The molecule has 2 heteroatoms. The highest BCUT2D eigenvalue weighted by Gasteiger charge is 2.59. The Morgan fingerprint density at radius 1 is 1.26 bits per heavy atom. The molecule has 5 unspecified atom stereocenters. The van der Waals surface area contributed by atoms with Crippen LogP contribution >= 0.6 is 0 Å². The summed E-state index contributed by atoms with van der Waals surface area (Å²) in [5.74, 6) is 2.49. The number of phenols is 1. The average molecular weight is 312 g/mol. The lowest BCUT2D eigenvalue weighted by Crippen LogP contribution is -2.57. The maximum Gasteiger partial charge on any atom is 0.123 e. The minimum atomic E-state index is 0.189. The minimum absolute atomic E-state index is 0.189. The van der Waals surface area contributed by atoms with Crippen molar-refractivity contribution >= 4 is 0 Å². The first kappa shape index (κ1) is 15.1. The summed E-state index contributed by atoms with van der Waals surface area (Å²) in [6, 6.07) is 5.61. The third kappa shape index (κ3) is 2.00. The Kier molecular flexibility index (Phi) is 3.14. The molecule has 5 atom stereocenters. The van der Waals surface area contributed by atoms with E-state index in [-0.39, 0.29) is 16.9 Å². The van der Waals surface area contributed by atoms with E-state index < -0.39 is 0 Å². The minimum Gasteiger partial charge on any atom is -0.508 e. The lowest BCUT2D eigenvalue weighted by molar-refractivity contribution is -0.0995. The molecule has 2 nitrogen and oxygen atoms in total. The Balaban J connectivity index is 1.88. The number of fused-ring (bicyclic) bond motifs is 1. The van der Waals surface area contributed by atoms with E-state index >= 15 is 0 Å². The fourth-order valence-corrected chi connectivity index (χ4v) is 5.84. The molecule has 1 aromatic carbocycles. The van der Waals surface area contributed by atoms with E-state index in [0.717, 1.165) is 25.0 Å². The first-order valence-electron chi connectivity index (χ1n) is 9.01. The quantitative estimate of drug-likeness (QED) is 0.675. The van der Waals surface area contributed by atoms with Crippen molar-refractivity contribution in [1.82, 2.24) is 0 Å². The van der Waals surface area contributed by atoms with Crippen molar-refractivity contribution in [2.24, 2.45) is 22.7 Å². The molecule has 2 aliphatic carbocycles. The standard InChI is InChI=1S/C21H28O2/c1-13-5-7-18-19-20(13,3)10-9-14(2)21(19,4)12-15-11-16(22)6-8-17(15)23-18/h6,8,11,14,18-19,22H,1,5,7,9-10,12H2,2-4H3. The molecule has 0 aromatic heterocycles. The maximum atomic E-state index is 9.94. The molecule has 2 saturated carbocycles. The zero-order valence-corrected chi connectivity index (χ0v) is 14.6. The van der Waals surface area contributed by atoms with E-state index in [0.29, 0.717) is 17.6 Å². The van der Waals surface area contributed by atoms with Crippen molar-refractivity contribution < 1.29 is 9.84 Å². The normalized spacial score (nSPS) is 42.2. The van der Waals surface area contributed by atoms with E-state index in [2.05, 4.69) is 27.4 Å². The van der Waals surface area contributed by atoms with Crippen molar-refractivity contribution in [3.63, 3.8) is 0 Å². The van der Waals surface area contributed by atoms with Crippen LogP contribution in [0.2, 0.25) is 0 Å². The predicted octanol–water partition coefficient (Wildman–Crippen LogP) is 5.10. The van der Waals surface area contributed by atoms with E-state index in [9.17, 15) is 5.11 Å². The molecule has 2 fully saturated rings. The van der Waals surface area contributed by atoms with Gasteiger partial charge in [-0.3, -0.25) is 0 Å². The molecule has 23 heavy (non-hydrogen) atoms. The number of ether oxygens (including phenoxy) is 1. The Bertz CT molecular complexity index is 664. The monoisotopic (exact) mass is 312 g/mol. The van der Waals surface area contributed by atoms with E-state index in [1.807, 2.05) is 12.1 Å². The molecule has 1 aliphatic heterocycles. The number of phenolic OH excluding ortho intramolecular Hbond substituents is 1. The van der Waals surface area contributed by atoms with Crippen LogP contribution in [0.3, 0.4) is 0 Å². The Hall–Kier alpha value is -1.44. The van der Waals surface area contributed by atoms with Gasteiger partial charge >= 0.3 is 0 Å². The molecule has 0 amide bonds. The second-order valence-corrected chi connectivity index (χ2v) is 8.61. The Morgan fingerprint density at radius 3 is 2.83 bits per heavy atom. The van der Waals surface area contributed by atoms with Crippen LogP contribution in [0.1, 0.15) is 52.0 Å². The fourth-order valence-electron chi connectivity index (χ4n) is 5.84. The summed E-state index contributed by atoms with van der Waals surface area (Å²) in [5.41, 5.74) is 2.98. The van der Waals surface area contributed by atoms with Gasteiger partial charge in [-0.2, -0.15) is 0 Å². The molecule has 0 radical (unpaired) electrons. The van der Waals surface area contributed by atoms with Crippen LogP contribution < -0.4 is 4.74 Å². The molecule has 0 spiro atoms. The highest BCUT2D eigenvalue weighted by molar-refractivity contribution is 5.42. The summed E-state index contributed by atoms with van der Waals surface area (Å²) in [4.78, 5) is 0. The number of rotatable bonds is 0. The summed E-state index contributed by atoms with van der Waals surface area (Å²) in [5, 5.41) is 9.94. The smallest absolute Gasteiger partial charge is 0.123 e. The van der Waals surface area contributed by atoms with Crippen molar-refractivity contribution in [2.45, 2.75) is 59.0 Å². The first-order chi connectivity index (χ1) is 10.8. The van der Waals surface area contributed by atoms with Gasteiger partial charge in [-0.25, -0.2) is 0 Å². The molecule has 0 saturated heterocycles.